The molecule has 4 aromatic carbocycles. The maximum Gasteiger partial charge on any atom is 0.238 e. The molecule has 0 unspecified atom stereocenters. The third kappa shape index (κ3) is 4.23. The fraction of sp³-hybridized carbons (Fsp3) is 0.237. The number of nitrogens with one attached hydrogen (secondary N) is 1. The molecular weight excluding hydrogens is 551 g/mol. The number of ketones is 2. The van der Waals surface area contributed by atoms with Crippen LogP contribution in [0.4, 0.5) is 10.1 Å². The Morgan fingerprint density at radius 2 is 1.52 bits per heavy atom. The van der Waals surface area contributed by atoms with E-state index in [9.17, 15) is 18.8 Å². The first-order valence-corrected chi connectivity index (χ1v) is 15.3. The molecule has 0 saturated carbocycles. The van der Waals surface area contributed by atoms with E-state index >= 15 is 0 Å². The van der Waals surface area contributed by atoms with Crippen molar-refractivity contribution in [2.45, 2.75) is 50.1 Å². The number of anilines is 1. The molecule has 3 aliphatic rings. The highest BCUT2D eigenvalue weighted by Gasteiger charge is 2.70. The SMILES string of the molecule is CCCCCc1ccc(C(=O)[C@@H]2[C@H](C(=O)c3ccc(F)cc3)N3C=Cc4ccccc4[C@@H]3[C@]23C(=O)Nc2ccccc23)cc1. The van der Waals surface area contributed by atoms with Crippen LogP contribution in [0.25, 0.3) is 6.08 Å². The van der Waals surface area contributed by atoms with E-state index in [1.54, 1.807) is 0 Å². The summed E-state index contributed by atoms with van der Waals surface area (Å²) in [4.78, 5) is 45.9. The number of hydrogen-bond donors (Lipinski definition) is 1. The number of aryl methyl sites for hydroxylation is 1. The summed E-state index contributed by atoms with van der Waals surface area (Å²) in [6.07, 6.45) is 8.04. The van der Waals surface area contributed by atoms with E-state index in [1.807, 2.05) is 90.0 Å². The average molecular weight is 585 g/mol. The number of para-hydroxylation sites is 1. The highest BCUT2D eigenvalue weighted by molar-refractivity contribution is 6.16. The highest BCUT2D eigenvalue weighted by atomic mass is 19.1. The number of Topliss-reactive ketones (excluding diaryl/α,β-unsaturated/α-hetero) is 2. The molecule has 7 rings (SSSR count). The molecule has 0 radical (unpaired) electrons. The van der Waals surface area contributed by atoms with Gasteiger partial charge in [-0.05, 0) is 71.5 Å². The predicted molar refractivity (Wildman–Crippen MR) is 169 cm³/mol. The van der Waals surface area contributed by atoms with Crippen LogP contribution in [-0.2, 0) is 16.6 Å². The van der Waals surface area contributed by atoms with E-state index in [2.05, 4.69) is 12.2 Å². The first-order chi connectivity index (χ1) is 21.4. The summed E-state index contributed by atoms with van der Waals surface area (Å²) in [5.41, 5.74) is 3.65. The third-order valence-electron chi connectivity index (χ3n) is 9.56. The average Bonchev–Trinajstić information content (AvgIpc) is 3.53. The van der Waals surface area contributed by atoms with Crippen molar-refractivity contribution < 1.29 is 18.8 Å². The number of rotatable bonds is 8. The van der Waals surface area contributed by atoms with Crippen molar-refractivity contribution in [3.05, 3.63) is 142 Å². The summed E-state index contributed by atoms with van der Waals surface area (Å²) in [5, 5.41) is 3.07. The van der Waals surface area contributed by atoms with E-state index in [0.29, 0.717) is 16.8 Å². The highest BCUT2D eigenvalue weighted by Crippen LogP contribution is 2.62. The van der Waals surface area contributed by atoms with Gasteiger partial charge in [0.1, 0.15) is 17.3 Å². The monoisotopic (exact) mass is 584 g/mol. The molecule has 3 aliphatic heterocycles. The molecule has 0 bridgehead atoms. The number of benzene rings is 4. The summed E-state index contributed by atoms with van der Waals surface area (Å²) in [6, 6.07) is 26.7. The lowest BCUT2D eigenvalue weighted by atomic mass is 9.62. The van der Waals surface area contributed by atoms with Gasteiger partial charge in [-0.25, -0.2) is 4.39 Å². The van der Waals surface area contributed by atoms with Crippen molar-refractivity contribution in [1.82, 2.24) is 4.90 Å². The molecule has 44 heavy (non-hydrogen) atoms. The third-order valence-corrected chi connectivity index (χ3v) is 9.56. The number of hydrogen-bond acceptors (Lipinski definition) is 4. The van der Waals surface area contributed by atoms with Crippen molar-refractivity contribution in [3.8, 4) is 0 Å². The largest absolute Gasteiger partial charge is 0.358 e. The van der Waals surface area contributed by atoms with Crippen molar-refractivity contribution >= 4 is 29.2 Å². The minimum Gasteiger partial charge on any atom is -0.358 e. The number of amides is 1. The molecule has 1 spiro atoms. The standard InChI is InChI=1S/C38H33FN2O3/c1-2-3-4-9-24-14-16-26(17-15-24)34(42)32-33(35(43)27-18-20-28(39)21-19-27)41-23-22-25-10-5-6-11-29(25)36(41)38(32)30-12-7-8-13-31(30)40-37(38)44/h5-8,10-23,32-33,36H,2-4,9H2,1H3,(H,40,44)/t32-,33+,36+,38+/m0/s1. The van der Waals surface area contributed by atoms with Gasteiger partial charge in [-0.15, -0.1) is 0 Å². The quantitative estimate of drug-likeness (QED) is 0.172. The summed E-state index contributed by atoms with van der Waals surface area (Å²) in [5.74, 6) is -2.41. The second-order valence-corrected chi connectivity index (χ2v) is 12.0. The van der Waals surface area contributed by atoms with Crippen LogP contribution in [-0.4, -0.2) is 28.4 Å². The molecule has 0 aromatic heterocycles. The van der Waals surface area contributed by atoms with E-state index in [0.717, 1.165) is 42.4 Å². The van der Waals surface area contributed by atoms with Crippen LogP contribution in [0, 0.1) is 11.7 Å². The molecule has 1 saturated heterocycles. The fourth-order valence-electron chi connectivity index (χ4n) is 7.55. The Bertz CT molecular complexity index is 1800. The van der Waals surface area contributed by atoms with Gasteiger partial charge in [0.05, 0.1) is 12.0 Å². The minimum atomic E-state index is -1.39. The zero-order chi connectivity index (χ0) is 30.4. The lowest BCUT2D eigenvalue weighted by Gasteiger charge is -2.38. The van der Waals surface area contributed by atoms with Crippen molar-refractivity contribution in [2.24, 2.45) is 5.92 Å². The van der Waals surface area contributed by atoms with Crippen LogP contribution >= 0.6 is 0 Å². The zero-order valence-corrected chi connectivity index (χ0v) is 24.5. The first kappa shape index (κ1) is 28.0. The Labute approximate surface area is 256 Å². The second kappa shape index (κ2) is 11.0. The lowest BCUT2D eigenvalue weighted by Crippen LogP contribution is -2.49. The summed E-state index contributed by atoms with van der Waals surface area (Å²) >= 11 is 0. The van der Waals surface area contributed by atoms with E-state index in [-0.39, 0.29) is 23.0 Å². The van der Waals surface area contributed by atoms with Gasteiger partial charge in [0.15, 0.2) is 11.6 Å². The van der Waals surface area contributed by atoms with Crippen LogP contribution in [0.3, 0.4) is 0 Å². The molecule has 6 heteroatoms. The summed E-state index contributed by atoms with van der Waals surface area (Å²) in [6.45, 7) is 2.17. The number of carbonyl (C=O) groups is 3. The van der Waals surface area contributed by atoms with E-state index in [1.165, 1.54) is 24.3 Å². The van der Waals surface area contributed by atoms with Crippen LogP contribution in [0.15, 0.2) is 103 Å². The first-order valence-electron chi connectivity index (χ1n) is 15.3. The van der Waals surface area contributed by atoms with Gasteiger partial charge in [0.2, 0.25) is 5.91 Å². The molecule has 5 nitrogen and oxygen atoms in total. The fourth-order valence-corrected chi connectivity index (χ4v) is 7.55. The van der Waals surface area contributed by atoms with E-state index < -0.39 is 29.2 Å². The molecule has 3 heterocycles. The number of fused-ring (bicyclic) bond motifs is 6. The Morgan fingerprint density at radius 3 is 2.30 bits per heavy atom. The molecule has 4 atom stereocenters. The molecule has 1 amide bonds. The maximum absolute atomic E-state index is 14.9. The van der Waals surface area contributed by atoms with Crippen LogP contribution < -0.4 is 5.32 Å². The van der Waals surface area contributed by atoms with Crippen molar-refractivity contribution in [2.75, 3.05) is 5.32 Å². The van der Waals surface area contributed by atoms with Crippen molar-refractivity contribution in [3.63, 3.8) is 0 Å². The van der Waals surface area contributed by atoms with Crippen molar-refractivity contribution in [1.29, 1.82) is 0 Å². The molecule has 1 N–H and O–H groups in total. The normalized spacial score (nSPS) is 22.8. The maximum atomic E-state index is 14.9. The van der Waals surface area contributed by atoms with Gasteiger partial charge >= 0.3 is 0 Å². The van der Waals surface area contributed by atoms with Crippen LogP contribution in [0.5, 0.6) is 0 Å². The Hall–Kier alpha value is -4.84. The van der Waals surface area contributed by atoms with Crippen LogP contribution in [0.2, 0.25) is 0 Å². The molecule has 4 aromatic rings. The van der Waals surface area contributed by atoms with Crippen LogP contribution in [0.1, 0.15) is 75.2 Å². The Balaban J connectivity index is 1.44. The number of halogens is 1. The predicted octanol–water partition coefficient (Wildman–Crippen LogP) is 7.54. The van der Waals surface area contributed by atoms with Gasteiger partial charge in [-0.1, -0.05) is 86.5 Å². The van der Waals surface area contributed by atoms with Gasteiger partial charge in [-0.2, -0.15) is 0 Å². The Kier molecular flexibility index (Phi) is 7.00. The summed E-state index contributed by atoms with van der Waals surface area (Å²) < 4.78 is 13.9. The second-order valence-electron chi connectivity index (χ2n) is 12.0. The number of carbonyl (C=O) groups excluding carboxylic acids is 3. The van der Waals surface area contributed by atoms with Gasteiger partial charge in [0, 0.05) is 23.0 Å². The minimum absolute atomic E-state index is 0.266. The molecule has 0 aliphatic carbocycles. The van der Waals surface area contributed by atoms with E-state index in [4.69, 9.17) is 0 Å². The molecule has 1 fully saturated rings. The smallest absolute Gasteiger partial charge is 0.238 e. The van der Waals surface area contributed by atoms with Gasteiger partial charge < -0.3 is 10.2 Å². The lowest BCUT2D eigenvalue weighted by molar-refractivity contribution is -0.122. The topological polar surface area (TPSA) is 66.5 Å². The summed E-state index contributed by atoms with van der Waals surface area (Å²) in [7, 11) is 0. The van der Waals surface area contributed by atoms with Gasteiger partial charge in [0.25, 0.3) is 0 Å². The molecular formula is C38H33FN2O3. The Morgan fingerprint density at radius 1 is 0.841 bits per heavy atom. The zero-order valence-electron chi connectivity index (χ0n) is 24.5. The number of unbranched alkanes of at least 4 members (excludes halogenated alkanes) is 2. The number of nitrogens with zero attached hydrogens (tertiary/aromatic N) is 1. The van der Waals surface area contributed by atoms with Gasteiger partial charge in [-0.3, -0.25) is 14.4 Å². The molecule has 220 valence electrons.